The van der Waals surface area contributed by atoms with Gasteiger partial charge in [-0.25, -0.2) is 0 Å². The molecule has 1 aromatic carbocycles. The Bertz CT molecular complexity index is 382. The van der Waals surface area contributed by atoms with Gasteiger partial charge in [-0.1, -0.05) is 28.1 Å². The molecule has 0 aliphatic heterocycles. The molecule has 0 heterocycles. The van der Waals surface area contributed by atoms with Crippen LogP contribution in [0, 0.1) is 6.92 Å². The molecule has 1 rings (SSSR count). The lowest BCUT2D eigenvalue weighted by atomic mass is 10.2. The van der Waals surface area contributed by atoms with E-state index in [1.165, 1.54) is 5.56 Å². The van der Waals surface area contributed by atoms with Gasteiger partial charge in [-0.3, -0.25) is 4.79 Å². The van der Waals surface area contributed by atoms with Crippen LogP contribution in [0.1, 0.15) is 18.4 Å². The lowest BCUT2D eigenvalue weighted by Crippen LogP contribution is -2.28. The molecule has 0 radical (unpaired) electrons. The quantitative estimate of drug-likeness (QED) is 0.572. The zero-order valence-electron chi connectivity index (χ0n) is 11.0. The highest BCUT2D eigenvalue weighted by atomic mass is 79.9. The topological polar surface area (TPSA) is 29.5 Å². The Balaban J connectivity index is 2.20. The van der Waals surface area contributed by atoms with Crippen LogP contribution in [-0.4, -0.2) is 36.3 Å². The number of benzene rings is 1. The van der Waals surface area contributed by atoms with Crippen molar-refractivity contribution in [2.24, 2.45) is 0 Å². The first-order valence-electron chi connectivity index (χ1n) is 6.13. The molecule has 0 aliphatic carbocycles. The Labute approximate surface area is 117 Å². The summed E-state index contributed by atoms with van der Waals surface area (Å²) in [5.74, 6) is 1.06. The van der Waals surface area contributed by atoms with E-state index in [1.807, 2.05) is 38.2 Å². The molecule has 0 spiro atoms. The fraction of sp³-hybridized carbons (Fsp3) is 0.500. The Morgan fingerprint density at radius 1 is 1.44 bits per heavy atom. The van der Waals surface area contributed by atoms with Crippen LogP contribution < -0.4 is 4.74 Å². The molecular formula is C14H20BrNO2. The number of carbonyl (C=O) groups excluding carboxylic acids is 1. The minimum Gasteiger partial charge on any atom is -0.494 e. The molecule has 1 amide bonds. The standard InChI is InChI=1S/C14H20BrNO2/c1-12-5-3-6-13(11-12)18-10-4-9-16(2)14(17)7-8-15/h3,5-6,11H,4,7-10H2,1-2H3. The number of alkyl halides is 1. The van der Waals surface area contributed by atoms with Crippen LogP contribution in [0.25, 0.3) is 0 Å². The molecule has 0 N–H and O–H groups in total. The number of hydrogen-bond acceptors (Lipinski definition) is 2. The molecule has 4 heteroatoms. The van der Waals surface area contributed by atoms with Crippen molar-refractivity contribution >= 4 is 21.8 Å². The van der Waals surface area contributed by atoms with Gasteiger partial charge in [0.1, 0.15) is 5.75 Å². The van der Waals surface area contributed by atoms with Crippen LogP contribution in [0.4, 0.5) is 0 Å². The van der Waals surface area contributed by atoms with Crippen molar-refractivity contribution in [3.63, 3.8) is 0 Å². The van der Waals surface area contributed by atoms with E-state index in [0.717, 1.165) is 24.0 Å². The van der Waals surface area contributed by atoms with Gasteiger partial charge < -0.3 is 9.64 Å². The molecule has 1 aromatic rings. The Morgan fingerprint density at radius 3 is 2.89 bits per heavy atom. The van der Waals surface area contributed by atoms with E-state index in [0.29, 0.717) is 13.0 Å². The SMILES string of the molecule is Cc1cccc(OCCCN(C)C(=O)CCBr)c1. The zero-order chi connectivity index (χ0) is 13.4. The van der Waals surface area contributed by atoms with E-state index >= 15 is 0 Å². The molecule has 0 unspecified atom stereocenters. The van der Waals surface area contributed by atoms with E-state index in [-0.39, 0.29) is 5.91 Å². The van der Waals surface area contributed by atoms with Crippen molar-refractivity contribution in [3.8, 4) is 5.75 Å². The van der Waals surface area contributed by atoms with Gasteiger partial charge in [0.05, 0.1) is 6.61 Å². The van der Waals surface area contributed by atoms with Crippen molar-refractivity contribution in [2.75, 3.05) is 25.5 Å². The summed E-state index contributed by atoms with van der Waals surface area (Å²) in [6.45, 7) is 3.41. The predicted molar refractivity (Wildman–Crippen MR) is 77.3 cm³/mol. The van der Waals surface area contributed by atoms with Gasteiger partial charge in [0.2, 0.25) is 5.91 Å². The van der Waals surface area contributed by atoms with Gasteiger partial charge in [-0.05, 0) is 31.0 Å². The number of amides is 1. The number of nitrogens with zero attached hydrogens (tertiary/aromatic N) is 1. The van der Waals surface area contributed by atoms with Crippen LogP contribution in [-0.2, 0) is 4.79 Å². The normalized spacial score (nSPS) is 10.2. The van der Waals surface area contributed by atoms with Gasteiger partial charge in [0, 0.05) is 25.3 Å². The van der Waals surface area contributed by atoms with Gasteiger partial charge in [0.15, 0.2) is 0 Å². The van der Waals surface area contributed by atoms with Crippen LogP contribution in [0.15, 0.2) is 24.3 Å². The number of halogens is 1. The fourth-order valence-corrected chi connectivity index (χ4v) is 1.93. The molecule has 0 aliphatic rings. The smallest absolute Gasteiger partial charge is 0.223 e. The number of ether oxygens (including phenoxy) is 1. The molecule has 0 fully saturated rings. The molecule has 0 aromatic heterocycles. The van der Waals surface area contributed by atoms with Gasteiger partial charge >= 0.3 is 0 Å². The zero-order valence-corrected chi connectivity index (χ0v) is 12.6. The van der Waals surface area contributed by atoms with Crippen LogP contribution in [0.5, 0.6) is 5.75 Å². The van der Waals surface area contributed by atoms with Gasteiger partial charge in [-0.15, -0.1) is 0 Å². The maximum atomic E-state index is 11.5. The van der Waals surface area contributed by atoms with E-state index in [1.54, 1.807) is 4.90 Å². The number of rotatable bonds is 7. The fourth-order valence-electron chi connectivity index (χ4n) is 1.59. The van der Waals surface area contributed by atoms with Crippen LogP contribution in [0.3, 0.4) is 0 Å². The predicted octanol–water partition coefficient (Wildman–Crippen LogP) is 3.01. The summed E-state index contributed by atoms with van der Waals surface area (Å²) in [5.41, 5.74) is 1.19. The minimum atomic E-state index is 0.169. The third kappa shape index (κ3) is 5.54. The first kappa shape index (κ1) is 15.0. The molecule has 100 valence electrons. The second kappa shape index (κ2) is 8.14. The Kier molecular flexibility index (Phi) is 6.80. The number of carbonyl (C=O) groups is 1. The summed E-state index contributed by atoms with van der Waals surface area (Å²) < 4.78 is 5.63. The minimum absolute atomic E-state index is 0.169. The third-order valence-electron chi connectivity index (χ3n) is 2.63. The van der Waals surface area contributed by atoms with Gasteiger partial charge in [-0.2, -0.15) is 0 Å². The Hall–Kier alpha value is -1.03. The second-order valence-corrected chi connectivity index (χ2v) is 5.07. The van der Waals surface area contributed by atoms with Crippen LogP contribution in [0.2, 0.25) is 0 Å². The number of hydrogen-bond donors (Lipinski definition) is 0. The monoisotopic (exact) mass is 313 g/mol. The van der Waals surface area contributed by atoms with Crippen LogP contribution >= 0.6 is 15.9 Å². The highest BCUT2D eigenvalue weighted by Crippen LogP contribution is 2.12. The second-order valence-electron chi connectivity index (χ2n) is 4.27. The number of aryl methyl sites for hydroxylation is 1. The van der Waals surface area contributed by atoms with E-state index in [2.05, 4.69) is 15.9 Å². The van der Waals surface area contributed by atoms with Crippen molar-refractivity contribution < 1.29 is 9.53 Å². The first-order valence-corrected chi connectivity index (χ1v) is 7.25. The Morgan fingerprint density at radius 2 is 2.22 bits per heavy atom. The van der Waals surface area contributed by atoms with Crippen molar-refractivity contribution in [2.45, 2.75) is 19.8 Å². The third-order valence-corrected chi connectivity index (χ3v) is 3.03. The molecule has 0 atom stereocenters. The molecule has 18 heavy (non-hydrogen) atoms. The highest BCUT2D eigenvalue weighted by molar-refractivity contribution is 9.09. The van der Waals surface area contributed by atoms with E-state index in [4.69, 9.17) is 4.74 Å². The average Bonchev–Trinajstić information content (AvgIpc) is 2.35. The van der Waals surface area contributed by atoms with Crippen molar-refractivity contribution in [1.82, 2.24) is 4.90 Å². The summed E-state index contributed by atoms with van der Waals surface area (Å²) >= 11 is 3.27. The molecular weight excluding hydrogens is 294 g/mol. The molecule has 0 saturated carbocycles. The first-order chi connectivity index (χ1) is 8.63. The van der Waals surface area contributed by atoms with Crippen molar-refractivity contribution in [1.29, 1.82) is 0 Å². The van der Waals surface area contributed by atoms with E-state index in [9.17, 15) is 4.79 Å². The molecule has 3 nitrogen and oxygen atoms in total. The lowest BCUT2D eigenvalue weighted by molar-refractivity contribution is -0.129. The summed E-state index contributed by atoms with van der Waals surface area (Å²) in [5, 5.41) is 0.718. The van der Waals surface area contributed by atoms with Crippen molar-refractivity contribution in [3.05, 3.63) is 29.8 Å². The lowest BCUT2D eigenvalue weighted by Gasteiger charge is -2.16. The summed E-state index contributed by atoms with van der Waals surface area (Å²) in [4.78, 5) is 13.3. The summed E-state index contributed by atoms with van der Waals surface area (Å²) in [6, 6.07) is 7.99. The van der Waals surface area contributed by atoms with Gasteiger partial charge in [0.25, 0.3) is 0 Å². The summed E-state index contributed by atoms with van der Waals surface area (Å²) in [7, 11) is 1.83. The maximum absolute atomic E-state index is 11.5. The average molecular weight is 314 g/mol. The highest BCUT2D eigenvalue weighted by Gasteiger charge is 2.06. The summed E-state index contributed by atoms with van der Waals surface area (Å²) in [6.07, 6.45) is 1.40. The van der Waals surface area contributed by atoms with E-state index < -0.39 is 0 Å². The molecule has 0 saturated heterocycles. The maximum Gasteiger partial charge on any atom is 0.223 e. The molecule has 0 bridgehead atoms. The largest absolute Gasteiger partial charge is 0.494 e.